The van der Waals surface area contributed by atoms with Crippen LogP contribution in [0.25, 0.3) is 0 Å². The highest BCUT2D eigenvalue weighted by atomic mass is 19.1. The van der Waals surface area contributed by atoms with Gasteiger partial charge in [-0.2, -0.15) is 4.39 Å². The van der Waals surface area contributed by atoms with E-state index in [4.69, 9.17) is 0 Å². The summed E-state index contributed by atoms with van der Waals surface area (Å²) in [5, 5.41) is 3.49. The molecule has 0 spiro atoms. The third kappa shape index (κ3) is 2.21. The Morgan fingerprint density at radius 3 is 2.74 bits per heavy atom. The molecule has 3 rings (SSSR count). The fourth-order valence-corrected chi connectivity index (χ4v) is 2.89. The first-order chi connectivity index (χ1) is 9.06. The Hall–Kier alpha value is -1.90. The summed E-state index contributed by atoms with van der Waals surface area (Å²) in [6, 6.07) is 11.8. The lowest BCUT2D eigenvalue weighted by molar-refractivity contribution is 0.337. The summed E-state index contributed by atoms with van der Waals surface area (Å²) in [7, 11) is 0. The fraction of sp³-hybridized carbons (Fsp3) is 0.312. The van der Waals surface area contributed by atoms with Crippen LogP contribution in [-0.2, 0) is 6.42 Å². The highest BCUT2D eigenvalue weighted by molar-refractivity contribution is 5.48. The standard InChI is InChI=1S/C16H17FN2/c1-16(2)9-11-5-3-4-6-13(11)15(16)19-12-7-8-14(17)18-10-12/h3-8,10,15,19H,9H2,1-2H3. The zero-order valence-corrected chi connectivity index (χ0v) is 11.2. The Labute approximate surface area is 112 Å². The molecule has 1 unspecified atom stereocenters. The number of benzene rings is 1. The molecule has 1 aliphatic carbocycles. The topological polar surface area (TPSA) is 24.9 Å². The summed E-state index contributed by atoms with van der Waals surface area (Å²) in [4.78, 5) is 3.70. The van der Waals surface area contributed by atoms with Crippen molar-refractivity contribution in [2.45, 2.75) is 26.3 Å². The van der Waals surface area contributed by atoms with Crippen LogP contribution in [-0.4, -0.2) is 4.98 Å². The molecular weight excluding hydrogens is 239 g/mol. The maximum Gasteiger partial charge on any atom is 0.212 e. The largest absolute Gasteiger partial charge is 0.376 e. The van der Waals surface area contributed by atoms with Crippen LogP contribution >= 0.6 is 0 Å². The van der Waals surface area contributed by atoms with Gasteiger partial charge in [0, 0.05) is 0 Å². The summed E-state index contributed by atoms with van der Waals surface area (Å²) >= 11 is 0. The number of halogens is 1. The van der Waals surface area contributed by atoms with Gasteiger partial charge in [0.25, 0.3) is 0 Å². The Kier molecular flexibility index (Phi) is 2.77. The van der Waals surface area contributed by atoms with Gasteiger partial charge in [-0.1, -0.05) is 38.1 Å². The van der Waals surface area contributed by atoms with Gasteiger partial charge in [-0.25, -0.2) is 4.98 Å². The number of nitrogens with one attached hydrogen (secondary N) is 1. The first-order valence-corrected chi connectivity index (χ1v) is 6.52. The van der Waals surface area contributed by atoms with Crippen molar-refractivity contribution in [3.8, 4) is 0 Å². The average molecular weight is 256 g/mol. The minimum atomic E-state index is -0.448. The van der Waals surface area contributed by atoms with Crippen LogP contribution in [0.5, 0.6) is 0 Å². The molecule has 98 valence electrons. The molecule has 1 aliphatic rings. The number of pyridine rings is 1. The molecule has 0 saturated heterocycles. The van der Waals surface area contributed by atoms with Crippen molar-refractivity contribution in [1.82, 2.24) is 4.98 Å². The van der Waals surface area contributed by atoms with E-state index < -0.39 is 5.95 Å². The molecule has 1 atom stereocenters. The van der Waals surface area contributed by atoms with Crippen LogP contribution in [0.1, 0.15) is 31.0 Å². The average Bonchev–Trinajstić information content (AvgIpc) is 2.63. The minimum absolute atomic E-state index is 0.137. The number of aromatic nitrogens is 1. The zero-order valence-electron chi connectivity index (χ0n) is 11.2. The predicted molar refractivity (Wildman–Crippen MR) is 74.5 cm³/mol. The van der Waals surface area contributed by atoms with Crippen LogP contribution in [0.3, 0.4) is 0 Å². The number of fused-ring (bicyclic) bond motifs is 1. The molecule has 0 aliphatic heterocycles. The van der Waals surface area contributed by atoms with Gasteiger partial charge in [0.15, 0.2) is 0 Å². The Balaban J connectivity index is 1.93. The van der Waals surface area contributed by atoms with Crippen LogP contribution < -0.4 is 5.32 Å². The molecule has 2 nitrogen and oxygen atoms in total. The van der Waals surface area contributed by atoms with Gasteiger partial charge in [0.2, 0.25) is 5.95 Å². The maximum atomic E-state index is 12.9. The normalized spacial score (nSPS) is 20.1. The van der Waals surface area contributed by atoms with Gasteiger partial charge in [0.05, 0.1) is 17.9 Å². The molecule has 1 aromatic carbocycles. The Morgan fingerprint density at radius 1 is 1.21 bits per heavy atom. The number of hydrogen-bond donors (Lipinski definition) is 1. The number of rotatable bonds is 2. The van der Waals surface area contributed by atoms with Crippen molar-refractivity contribution >= 4 is 5.69 Å². The van der Waals surface area contributed by atoms with E-state index in [0.29, 0.717) is 0 Å². The summed E-state index contributed by atoms with van der Waals surface area (Å²) < 4.78 is 12.9. The van der Waals surface area contributed by atoms with Crippen LogP contribution in [0.4, 0.5) is 10.1 Å². The predicted octanol–water partition coefficient (Wildman–Crippen LogP) is 3.96. The lowest BCUT2D eigenvalue weighted by Crippen LogP contribution is -2.24. The molecule has 0 amide bonds. The van der Waals surface area contributed by atoms with Crippen molar-refractivity contribution in [3.63, 3.8) is 0 Å². The highest BCUT2D eigenvalue weighted by Crippen LogP contribution is 2.46. The lowest BCUT2D eigenvalue weighted by Gasteiger charge is -2.29. The van der Waals surface area contributed by atoms with Gasteiger partial charge in [-0.15, -0.1) is 0 Å². The van der Waals surface area contributed by atoms with E-state index >= 15 is 0 Å². The molecule has 1 heterocycles. The van der Waals surface area contributed by atoms with Gasteiger partial charge in [0.1, 0.15) is 0 Å². The number of anilines is 1. The molecule has 0 bridgehead atoms. The highest BCUT2D eigenvalue weighted by Gasteiger charge is 2.38. The van der Waals surface area contributed by atoms with E-state index in [1.165, 1.54) is 17.2 Å². The van der Waals surface area contributed by atoms with Gasteiger partial charge >= 0.3 is 0 Å². The van der Waals surface area contributed by atoms with Gasteiger partial charge < -0.3 is 5.32 Å². The van der Waals surface area contributed by atoms with Crippen LogP contribution in [0, 0.1) is 11.4 Å². The zero-order chi connectivity index (χ0) is 13.5. The molecule has 1 aromatic heterocycles. The second-order valence-electron chi connectivity index (χ2n) is 5.81. The quantitative estimate of drug-likeness (QED) is 0.823. The summed E-state index contributed by atoms with van der Waals surface area (Å²) in [6.07, 6.45) is 2.60. The van der Waals surface area contributed by atoms with Crippen molar-refractivity contribution in [2.24, 2.45) is 5.41 Å². The van der Waals surface area contributed by atoms with Crippen molar-refractivity contribution in [2.75, 3.05) is 5.32 Å². The van der Waals surface area contributed by atoms with E-state index in [9.17, 15) is 4.39 Å². The molecular formula is C16H17FN2. The Morgan fingerprint density at radius 2 is 2.00 bits per heavy atom. The minimum Gasteiger partial charge on any atom is -0.376 e. The monoisotopic (exact) mass is 256 g/mol. The van der Waals surface area contributed by atoms with Gasteiger partial charge in [-0.3, -0.25) is 0 Å². The molecule has 0 radical (unpaired) electrons. The third-order valence-corrected chi connectivity index (χ3v) is 3.83. The van der Waals surface area contributed by atoms with Gasteiger partial charge in [-0.05, 0) is 35.1 Å². The molecule has 0 saturated carbocycles. The molecule has 1 N–H and O–H groups in total. The fourth-order valence-electron chi connectivity index (χ4n) is 2.89. The second-order valence-corrected chi connectivity index (χ2v) is 5.81. The lowest BCUT2D eigenvalue weighted by atomic mass is 9.85. The number of hydrogen-bond acceptors (Lipinski definition) is 2. The summed E-state index contributed by atoms with van der Waals surface area (Å²) in [5.74, 6) is -0.448. The second kappa shape index (κ2) is 4.34. The molecule has 0 fully saturated rings. The van der Waals surface area contributed by atoms with E-state index in [2.05, 4.69) is 48.4 Å². The summed E-state index contributed by atoms with van der Waals surface area (Å²) in [5.41, 5.74) is 3.71. The van der Waals surface area contributed by atoms with Crippen molar-refractivity contribution in [3.05, 3.63) is 59.7 Å². The number of nitrogens with zero attached hydrogens (tertiary/aromatic N) is 1. The van der Waals surface area contributed by atoms with E-state index in [-0.39, 0.29) is 11.5 Å². The van der Waals surface area contributed by atoms with Crippen molar-refractivity contribution < 1.29 is 4.39 Å². The smallest absolute Gasteiger partial charge is 0.212 e. The van der Waals surface area contributed by atoms with E-state index in [1.807, 2.05) is 0 Å². The third-order valence-electron chi connectivity index (χ3n) is 3.83. The maximum absolute atomic E-state index is 12.9. The first kappa shape index (κ1) is 12.2. The van der Waals surface area contributed by atoms with E-state index in [1.54, 1.807) is 12.3 Å². The SMILES string of the molecule is CC1(C)Cc2ccccc2C1Nc1ccc(F)nc1. The van der Waals surface area contributed by atoms with Crippen molar-refractivity contribution in [1.29, 1.82) is 0 Å². The van der Waals surface area contributed by atoms with Crippen LogP contribution in [0.2, 0.25) is 0 Å². The first-order valence-electron chi connectivity index (χ1n) is 6.52. The molecule has 2 aromatic rings. The van der Waals surface area contributed by atoms with Crippen LogP contribution in [0.15, 0.2) is 42.6 Å². The molecule has 19 heavy (non-hydrogen) atoms. The summed E-state index contributed by atoms with van der Waals surface area (Å²) in [6.45, 7) is 4.50. The van der Waals surface area contributed by atoms with E-state index in [0.717, 1.165) is 12.1 Å². The Bertz CT molecular complexity index is 590. The molecule has 3 heteroatoms.